The number of ether oxygens (including phenoxy) is 2. The van der Waals surface area contributed by atoms with Crippen molar-refractivity contribution < 1.29 is 19.1 Å². The highest BCUT2D eigenvalue weighted by atomic mass is 16.6. The van der Waals surface area contributed by atoms with Gasteiger partial charge in [-0.05, 0) is 31.9 Å². The van der Waals surface area contributed by atoms with E-state index in [1.54, 1.807) is 6.20 Å². The van der Waals surface area contributed by atoms with Crippen molar-refractivity contribution in [2.45, 2.75) is 31.9 Å². The van der Waals surface area contributed by atoms with Crippen molar-refractivity contribution in [3.05, 3.63) is 42.2 Å². The van der Waals surface area contributed by atoms with Gasteiger partial charge in [-0.1, -0.05) is 18.2 Å². The van der Waals surface area contributed by atoms with Crippen LogP contribution in [0, 0.1) is 0 Å². The molecule has 0 saturated heterocycles. The fourth-order valence-electron chi connectivity index (χ4n) is 2.18. The first-order valence-electron chi connectivity index (χ1n) is 7.79. The minimum Gasteiger partial charge on any atom is -0.493 e. The first-order valence-corrected chi connectivity index (χ1v) is 7.79. The maximum Gasteiger partial charge on any atom is 0.363 e. The summed E-state index contributed by atoms with van der Waals surface area (Å²) in [6, 6.07) is 9.54. The molecule has 1 atom stereocenters. The molecule has 0 aliphatic heterocycles. The standard InChI is InChI=1S/C17H19N3O4/c1-11(16(21)18-12-8-9-12)24-17(22)15-14(23-2)10-20(19-15)13-6-4-3-5-7-13/h3-7,10-12H,8-9H2,1-2H3,(H,18,21)/t11-/m1/s1. The average Bonchev–Trinajstić information content (AvgIpc) is 3.29. The van der Waals surface area contributed by atoms with Crippen LogP contribution in [0.3, 0.4) is 0 Å². The summed E-state index contributed by atoms with van der Waals surface area (Å²) in [6.45, 7) is 1.54. The zero-order valence-electron chi connectivity index (χ0n) is 13.6. The lowest BCUT2D eigenvalue weighted by Crippen LogP contribution is -2.37. The number of esters is 1. The Hall–Kier alpha value is -2.83. The second kappa shape index (κ2) is 6.74. The molecule has 3 rings (SSSR count). The number of hydrogen-bond donors (Lipinski definition) is 1. The van der Waals surface area contributed by atoms with Gasteiger partial charge in [0.05, 0.1) is 19.0 Å². The fourth-order valence-corrected chi connectivity index (χ4v) is 2.18. The van der Waals surface area contributed by atoms with Gasteiger partial charge in [-0.3, -0.25) is 4.79 Å². The first-order chi connectivity index (χ1) is 11.6. The van der Waals surface area contributed by atoms with Crippen LogP contribution in [0.25, 0.3) is 5.69 Å². The predicted octanol–water partition coefficient (Wildman–Crippen LogP) is 1.70. The monoisotopic (exact) mass is 329 g/mol. The van der Waals surface area contributed by atoms with Gasteiger partial charge in [0.2, 0.25) is 5.69 Å². The van der Waals surface area contributed by atoms with E-state index in [9.17, 15) is 9.59 Å². The number of carbonyl (C=O) groups excluding carboxylic acids is 2. The van der Waals surface area contributed by atoms with Crippen LogP contribution in [-0.4, -0.2) is 40.9 Å². The molecule has 1 aliphatic carbocycles. The first kappa shape index (κ1) is 16.0. The van der Waals surface area contributed by atoms with Crippen molar-refractivity contribution >= 4 is 11.9 Å². The minimum atomic E-state index is -0.885. The van der Waals surface area contributed by atoms with Gasteiger partial charge >= 0.3 is 5.97 Å². The Bertz CT molecular complexity index is 738. The van der Waals surface area contributed by atoms with Crippen LogP contribution in [0.2, 0.25) is 0 Å². The van der Waals surface area contributed by atoms with E-state index in [2.05, 4.69) is 10.4 Å². The summed E-state index contributed by atoms with van der Waals surface area (Å²) < 4.78 is 11.9. The zero-order chi connectivity index (χ0) is 17.1. The van der Waals surface area contributed by atoms with Crippen molar-refractivity contribution in [2.24, 2.45) is 0 Å². The molecule has 1 N–H and O–H groups in total. The molecule has 0 unspecified atom stereocenters. The molecule has 1 heterocycles. The molecule has 2 aromatic rings. The van der Waals surface area contributed by atoms with Crippen LogP contribution < -0.4 is 10.1 Å². The van der Waals surface area contributed by atoms with Gasteiger partial charge in [0.1, 0.15) is 0 Å². The molecule has 7 heteroatoms. The van der Waals surface area contributed by atoms with E-state index in [1.165, 1.54) is 18.7 Å². The maximum atomic E-state index is 12.3. The van der Waals surface area contributed by atoms with Crippen molar-refractivity contribution in [1.29, 1.82) is 0 Å². The molecule has 24 heavy (non-hydrogen) atoms. The topological polar surface area (TPSA) is 82.5 Å². The van der Waals surface area contributed by atoms with E-state index in [4.69, 9.17) is 9.47 Å². The normalized spacial score (nSPS) is 14.8. The molecule has 1 aromatic carbocycles. The predicted molar refractivity (Wildman–Crippen MR) is 86.2 cm³/mol. The van der Waals surface area contributed by atoms with Crippen molar-refractivity contribution in [2.75, 3.05) is 7.11 Å². The molecule has 1 fully saturated rings. The largest absolute Gasteiger partial charge is 0.493 e. The van der Waals surface area contributed by atoms with E-state index in [0.29, 0.717) is 5.75 Å². The second-order valence-corrected chi connectivity index (χ2v) is 5.66. The van der Waals surface area contributed by atoms with Gasteiger partial charge in [0.15, 0.2) is 11.9 Å². The van der Waals surface area contributed by atoms with Gasteiger partial charge in [-0.25, -0.2) is 9.48 Å². The summed E-state index contributed by atoms with van der Waals surface area (Å²) in [5.74, 6) is -0.703. The lowest BCUT2D eigenvalue weighted by molar-refractivity contribution is -0.129. The average molecular weight is 329 g/mol. The smallest absolute Gasteiger partial charge is 0.363 e. The third-order valence-corrected chi connectivity index (χ3v) is 3.69. The van der Waals surface area contributed by atoms with E-state index < -0.39 is 12.1 Å². The third kappa shape index (κ3) is 3.56. The van der Waals surface area contributed by atoms with Crippen LogP contribution >= 0.6 is 0 Å². The Kier molecular flexibility index (Phi) is 4.50. The Labute approximate surface area is 139 Å². The molecule has 1 amide bonds. The number of nitrogens with zero attached hydrogens (tertiary/aromatic N) is 2. The van der Waals surface area contributed by atoms with E-state index in [0.717, 1.165) is 18.5 Å². The van der Waals surface area contributed by atoms with E-state index in [-0.39, 0.29) is 17.6 Å². The Morgan fingerprint density at radius 3 is 2.62 bits per heavy atom. The Morgan fingerprint density at radius 2 is 2.00 bits per heavy atom. The van der Waals surface area contributed by atoms with Crippen molar-refractivity contribution in [3.8, 4) is 11.4 Å². The lowest BCUT2D eigenvalue weighted by Gasteiger charge is -2.12. The SMILES string of the molecule is COc1cn(-c2ccccc2)nc1C(=O)O[C@H](C)C(=O)NC1CC1. The molecule has 0 spiro atoms. The number of methoxy groups -OCH3 is 1. The second-order valence-electron chi connectivity index (χ2n) is 5.66. The highest BCUT2D eigenvalue weighted by molar-refractivity contribution is 5.93. The van der Waals surface area contributed by atoms with Gasteiger partial charge < -0.3 is 14.8 Å². The van der Waals surface area contributed by atoms with Gasteiger partial charge in [-0.2, -0.15) is 5.10 Å². The molecular weight excluding hydrogens is 310 g/mol. The summed E-state index contributed by atoms with van der Waals surface area (Å²) >= 11 is 0. The fraction of sp³-hybridized carbons (Fsp3) is 0.353. The summed E-state index contributed by atoms with van der Waals surface area (Å²) in [6.07, 6.45) is 2.66. The van der Waals surface area contributed by atoms with Crippen LogP contribution in [0.1, 0.15) is 30.3 Å². The number of rotatable bonds is 6. The highest BCUT2D eigenvalue weighted by Crippen LogP contribution is 2.21. The van der Waals surface area contributed by atoms with Gasteiger partial charge in [-0.15, -0.1) is 0 Å². The van der Waals surface area contributed by atoms with Crippen molar-refractivity contribution in [3.63, 3.8) is 0 Å². The molecule has 126 valence electrons. The number of aromatic nitrogens is 2. The van der Waals surface area contributed by atoms with Crippen LogP contribution in [0.5, 0.6) is 5.75 Å². The van der Waals surface area contributed by atoms with E-state index >= 15 is 0 Å². The zero-order valence-corrected chi connectivity index (χ0v) is 13.6. The Balaban J connectivity index is 1.74. The molecule has 1 saturated carbocycles. The highest BCUT2D eigenvalue weighted by Gasteiger charge is 2.29. The summed E-state index contributed by atoms with van der Waals surface area (Å²) in [4.78, 5) is 24.2. The van der Waals surface area contributed by atoms with Crippen molar-refractivity contribution in [1.82, 2.24) is 15.1 Å². The maximum absolute atomic E-state index is 12.3. The molecule has 0 radical (unpaired) electrons. The summed E-state index contributed by atoms with van der Waals surface area (Å²) in [5.41, 5.74) is 0.821. The van der Waals surface area contributed by atoms with Crippen LogP contribution in [0.15, 0.2) is 36.5 Å². The summed E-state index contributed by atoms with van der Waals surface area (Å²) in [5, 5.41) is 7.02. The number of hydrogen-bond acceptors (Lipinski definition) is 5. The number of carbonyl (C=O) groups is 2. The quantitative estimate of drug-likeness (QED) is 0.816. The number of benzene rings is 1. The van der Waals surface area contributed by atoms with Gasteiger partial charge in [0.25, 0.3) is 5.91 Å². The lowest BCUT2D eigenvalue weighted by atomic mass is 10.3. The van der Waals surface area contributed by atoms with Gasteiger partial charge in [0, 0.05) is 6.04 Å². The number of amides is 1. The molecule has 0 bridgehead atoms. The molecule has 1 aromatic heterocycles. The molecular formula is C17H19N3O4. The Morgan fingerprint density at radius 1 is 1.29 bits per heavy atom. The van der Waals surface area contributed by atoms with E-state index in [1.807, 2.05) is 30.3 Å². The number of para-hydroxylation sites is 1. The summed E-state index contributed by atoms with van der Waals surface area (Å²) in [7, 11) is 1.45. The van der Waals surface area contributed by atoms with Crippen LogP contribution in [-0.2, 0) is 9.53 Å². The minimum absolute atomic E-state index is 0.0347. The van der Waals surface area contributed by atoms with Crippen LogP contribution in [0.4, 0.5) is 0 Å². The molecule has 1 aliphatic rings. The number of nitrogens with one attached hydrogen (secondary N) is 1. The molecule has 7 nitrogen and oxygen atoms in total. The third-order valence-electron chi connectivity index (χ3n) is 3.69.